The zero-order chi connectivity index (χ0) is 16.2. The van der Waals surface area contributed by atoms with Crippen molar-refractivity contribution in [1.29, 1.82) is 0 Å². The van der Waals surface area contributed by atoms with Crippen molar-refractivity contribution in [3.05, 3.63) is 11.6 Å². The summed E-state index contributed by atoms with van der Waals surface area (Å²) in [5, 5.41) is 19.2. The average Bonchev–Trinajstić information content (AvgIpc) is 2.36. The van der Waals surface area contributed by atoms with Crippen LogP contribution < -0.4 is 5.32 Å². The van der Waals surface area contributed by atoms with E-state index >= 15 is 0 Å². The summed E-state index contributed by atoms with van der Waals surface area (Å²) in [7, 11) is 0. The standard InChI is InChI=1S/C11H13F3N2O5/c12-11(13,14)6-1-3-16(4-2-6)10(21)15-7(9(19)20)5-8(17)18/h1,7H,2-5H2,(H,15,21)(H,17,18)(H,19,20)/t7-/m1/s1. The molecule has 0 fully saturated rings. The fourth-order valence-corrected chi connectivity index (χ4v) is 1.73. The summed E-state index contributed by atoms with van der Waals surface area (Å²) >= 11 is 0. The van der Waals surface area contributed by atoms with Crippen molar-refractivity contribution in [2.75, 3.05) is 13.1 Å². The molecule has 10 heteroatoms. The third kappa shape index (κ3) is 4.97. The predicted octanol–water partition coefficient (Wildman–Crippen LogP) is 0.818. The highest BCUT2D eigenvalue weighted by Gasteiger charge is 2.36. The Kier molecular flexibility index (Phi) is 5.17. The SMILES string of the molecule is O=C(O)C[C@@H](NC(=O)N1CC=C(C(F)(F)F)CC1)C(=O)O. The third-order valence-electron chi connectivity index (χ3n) is 2.84. The van der Waals surface area contributed by atoms with Gasteiger partial charge in [0, 0.05) is 18.7 Å². The number of hydrogen-bond acceptors (Lipinski definition) is 3. The number of amides is 2. The van der Waals surface area contributed by atoms with E-state index in [2.05, 4.69) is 0 Å². The molecule has 0 aliphatic carbocycles. The van der Waals surface area contributed by atoms with Gasteiger partial charge < -0.3 is 20.4 Å². The van der Waals surface area contributed by atoms with E-state index in [0.29, 0.717) is 0 Å². The lowest BCUT2D eigenvalue weighted by atomic mass is 10.1. The Morgan fingerprint density at radius 3 is 2.33 bits per heavy atom. The Balaban J connectivity index is 2.63. The molecule has 1 atom stereocenters. The number of nitrogens with zero attached hydrogens (tertiary/aromatic N) is 1. The van der Waals surface area contributed by atoms with Crippen molar-refractivity contribution in [3.63, 3.8) is 0 Å². The van der Waals surface area contributed by atoms with Crippen LogP contribution in [-0.2, 0) is 9.59 Å². The number of aliphatic carboxylic acids is 2. The molecule has 118 valence electrons. The number of alkyl halides is 3. The van der Waals surface area contributed by atoms with Gasteiger partial charge in [-0.1, -0.05) is 6.08 Å². The fourth-order valence-electron chi connectivity index (χ4n) is 1.73. The first-order valence-electron chi connectivity index (χ1n) is 5.87. The van der Waals surface area contributed by atoms with E-state index in [1.807, 2.05) is 5.32 Å². The first kappa shape index (κ1) is 16.8. The van der Waals surface area contributed by atoms with Crippen LogP contribution in [0.2, 0.25) is 0 Å². The Hall–Kier alpha value is -2.26. The largest absolute Gasteiger partial charge is 0.481 e. The summed E-state index contributed by atoms with van der Waals surface area (Å²) < 4.78 is 37.2. The summed E-state index contributed by atoms with van der Waals surface area (Å²) in [5.74, 6) is -2.95. The van der Waals surface area contributed by atoms with Crippen LogP contribution in [0.4, 0.5) is 18.0 Å². The van der Waals surface area contributed by atoms with Gasteiger partial charge in [0.25, 0.3) is 0 Å². The van der Waals surface area contributed by atoms with Crippen LogP contribution in [-0.4, -0.2) is 58.4 Å². The zero-order valence-electron chi connectivity index (χ0n) is 10.7. The predicted molar refractivity (Wildman–Crippen MR) is 62.5 cm³/mol. The van der Waals surface area contributed by atoms with Crippen LogP contribution in [0.3, 0.4) is 0 Å². The number of hydrogen-bond donors (Lipinski definition) is 3. The number of rotatable bonds is 4. The number of carboxylic acids is 2. The Labute approximate surface area is 117 Å². The second-order valence-corrected chi connectivity index (χ2v) is 4.36. The molecule has 1 aliphatic heterocycles. The lowest BCUT2D eigenvalue weighted by Gasteiger charge is -2.28. The molecule has 0 spiro atoms. The van der Waals surface area contributed by atoms with Gasteiger partial charge in [-0.2, -0.15) is 13.2 Å². The Morgan fingerprint density at radius 1 is 1.33 bits per heavy atom. The molecular formula is C11H13F3N2O5. The number of carbonyl (C=O) groups is 3. The molecule has 0 aromatic heterocycles. The van der Waals surface area contributed by atoms with Crippen LogP contribution in [0.15, 0.2) is 11.6 Å². The highest BCUT2D eigenvalue weighted by molar-refractivity contribution is 5.86. The quantitative estimate of drug-likeness (QED) is 0.666. The van der Waals surface area contributed by atoms with Gasteiger partial charge in [-0.05, 0) is 6.42 Å². The molecule has 0 unspecified atom stereocenters. The minimum atomic E-state index is -4.45. The first-order valence-corrected chi connectivity index (χ1v) is 5.87. The molecule has 0 aromatic carbocycles. The molecule has 3 N–H and O–H groups in total. The molecule has 2 amide bonds. The number of halogens is 3. The molecule has 1 heterocycles. The van der Waals surface area contributed by atoms with E-state index in [-0.39, 0.29) is 13.1 Å². The van der Waals surface area contributed by atoms with E-state index in [4.69, 9.17) is 10.2 Å². The summed E-state index contributed by atoms with van der Waals surface area (Å²) in [5.41, 5.74) is -0.744. The molecule has 1 aliphatic rings. The van der Waals surface area contributed by atoms with Crippen LogP contribution in [0, 0.1) is 0 Å². The van der Waals surface area contributed by atoms with Crippen LogP contribution in [0.1, 0.15) is 12.8 Å². The second kappa shape index (κ2) is 6.46. The van der Waals surface area contributed by atoms with Crippen molar-refractivity contribution in [3.8, 4) is 0 Å². The molecule has 0 saturated heterocycles. The summed E-state index contributed by atoms with van der Waals surface area (Å²) in [4.78, 5) is 33.9. The van der Waals surface area contributed by atoms with Crippen LogP contribution >= 0.6 is 0 Å². The number of carboxylic acid groups (broad SMARTS) is 2. The maximum Gasteiger partial charge on any atom is 0.412 e. The minimum Gasteiger partial charge on any atom is -0.481 e. The van der Waals surface area contributed by atoms with Crippen molar-refractivity contribution < 1.29 is 37.8 Å². The van der Waals surface area contributed by atoms with Gasteiger partial charge in [0.15, 0.2) is 0 Å². The molecule has 0 bridgehead atoms. The van der Waals surface area contributed by atoms with Crippen molar-refractivity contribution in [2.24, 2.45) is 0 Å². The summed E-state index contributed by atoms with van der Waals surface area (Å²) in [6, 6.07) is -2.55. The Morgan fingerprint density at radius 2 is 1.95 bits per heavy atom. The minimum absolute atomic E-state index is 0.226. The lowest BCUT2D eigenvalue weighted by molar-refractivity contribution is -0.145. The molecule has 7 nitrogen and oxygen atoms in total. The third-order valence-corrected chi connectivity index (χ3v) is 2.84. The Bertz CT molecular complexity index is 475. The molecule has 0 aromatic rings. The van der Waals surface area contributed by atoms with Crippen LogP contribution in [0.5, 0.6) is 0 Å². The molecule has 0 radical (unpaired) electrons. The highest BCUT2D eigenvalue weighted by atomic mass is 19.4. The van der Waals surface area contributed by atoms with Gasteiger partial charge in [0.2, 0.25) is 0 Å². The van der Waals surface area contributed by atoms with Gasteiger partial charge >= 0.3 is 24.1 Å². The topological polar surface area (TPSA) is 107 Å². The van der Waals surface area contributed by atoms with Crippen molar-refractivity contribution >= 4 is 18.0 Å². The highest BCUT2D eigenvalue weighted by Crippen LogP contribution is 2.30. The van der Waals surface area contributed by atoms with E-state index in [1.54, 1.807) is 0 Å². The van der Waals surface area contributed by atoms with E-state index in [0.717, 1.165) is 11.0 Å². The number of nitrogens with one attached hydrogen (secondary N) is 1. The van der Waals surface area contributed by atoms with Gasteiger partial charge in [-0.3, -0.25) is 4.79 Å². The maximum absolute atomic E-state index is 12.4. The normalized spacial score (nSPS) is 16.9. The van der Waals surface area contributed by atoms with Crippen molar-refractivity contribution in [2.45, 2.75) is 25.1 Å². The number of carbonyl (C=O) groups excluding carboxylic acids is 1. The van der Waals surface area contributed by atoms with Crippen LogP contribution in [0.25, 0.3) is 0 Å². The average molecular weight is 310 g/mol. The molecular weight excluding hydrogens is 297 g/mol. The maximum atomic E-state index is 12.4. The molecule has 0 saturated carbocycles. The summed E-state index contributed by atoms with van der Waals surface area (Å²) in [6.07, 6.45) is -4.82. The summed E-state index contributed by atoms with van der Waals surface area (Å²) in [6.45, 7) is -0.545. The number of urea groups is 1. The van der Waals surface area contributed by atoms with Gasteiger partial charge in [0.05, 0.1) is 6.42 Å². The molecule has 21 heavy (non-hydrogen) atoms. The van der Waals surface area contributed by atoms with E-state index in [1.165, 1.54) is 0 Å². The fraction of sp³-hybridized carbons (Fsp3) is 0.545. The lowest BCUT2D eigenvalue weighted by Crippen LogP contribution is -2.50. The smallest absolute Gasteiger partial charge is 0.412 e. The van der Waals surface area contributed by atoms with Gasteiger partial charge in [0.1, 0.15) is 6.04 Å². The monoisotopic (exact) mass is 310 g/mol. The first-order chi connectivity index (χ1) is 9.61. The van der Waals surface area contributed by atoms with Gasteiger partial charge in [-0.25, -0.2) is 9.59 Å². The molecule has 1 rings (SSSR count). The van der Waals surface area contributed by atoms with E-state index in [9.17, 15) is 27.6 Å². The van der Waals surface area contributed by atoms with Gasteiger partial charge in [-0.15, -0.1) is 0 Å². The zero-order valence-corrected chi connectivity index (χ0v) is 10.7. The van der Waals surface area contributed by atoms with Crippen molar-refractivity contribution in [1.82, 2.24) is 10.2 Å². The van der Waals surface area contributed by atoms with E-state index < -0.39 is 48.6 Å². The second-order valence-electron chi connectivity index (χ2n) is 4.36.